The quantitative estimate of drug-likeness (QED) is 0.928. The maximum Gasteiger partial charge on any atom is 0.138 e. The average Bonchev–Trinajstić information content (AvgIpc) is 2.96. The molecule has 1 saturated carbocycles. The Morgan fingerprint density at radius 1 is 1.32 bits per heavy atom. The molecule has 0 bridgehead atoms. The molecule has 0 spiro atoms. The number of aromatic nitrogens is 2. The van der Waals surface area contributed by atoms with E-state index < -0.39 is 0 Å². The number of thiophene rings is 1. The third kappa shape index (κ3) is 2.34. The van der Waals surface area contributed by atoms with Gasteiger partial charge >= 0.3 is 0 Å². The fourth-order valence-corrected chi connectivity index (χ4v) is 4.77. The van der Waals surface area contributed by atoms with Crippen LogP contribution in [0.15, 0.2) is 6.33 Å². The fraction of sp³-hybridized carbons (Fsp3) is 0.571. The van der Waals surface area contributed by atoms with Gasteiger partial charge in [0.05, 0.1) is 5.39 Å². The molecule has 1 aliphatic rings. The third-order valence-corrected chi connectivity index (χ3v) is 6.33. The molecule has 0 amide bonds. The average molecular weight is 293 g/mol. The molecule has 1 N–H and O–H groups in total. The van der Waals surface area contributed by atoms with Crippen LogP contribution in [0.25, 0.3) is 10.2 Å². The third-order valence-electron chi connectivity index (χ3n) is 4.04. The SMILES string of the molecule is CSC1CCCC1Nc1ncnc2sc(C)c(C)c12. The lowest BCUT2D eigenvalue weighted by molar-refractivity contribution is 0.764. The topological polar surface area (TPSA) is 37.8 Å². The van der Waals surface area contributed by atoms with Crippen LogP contribution in [0.4, 0.5) is 5.82 Å². The molecule has 2 heterocycles. The van der Waals surface area contributed by atoms with Gasteiger partial charge < -0.3 is 5.32 Å². The second-order valence-corrected chi connectivity index (χ2v) is 7.42. The van der Waals surface area contributed by atoms with Gasteiger partial charge in [0.2, 0.25) is 0 Å². The maximum atomic E-state index is 4.49. The van der Waals surface area contributed by atoms with E-state index in [0.29, 0.717) is 11.3 Å². The van der Waals surface area contributed by atoms with Crippen molar-refractivity contribution in [3.63, 3.8) is 0 Å². The minimum Gasteiger partial charge on any atom is -0.366 e. The van der Waals surface area contributed by atoms with Crippen molar-refractivity contribution in [2.75, 3.05) is 11.6 Å². The molecule has 3 rings (SSSR count). The molecular formula is C14H19N3S2. The second-order valence-electron chi connectivity index (χ2n) is 5.14. The lowest BCUT2D eigenvalue weighted by Gasteiger charge is -2.20. The van der Waals surface area contributed by atoms with Gasteiger partial charge in [0, 0.05) is 16.2 Å². The Balaban J connectivity index is 1.96. The summed E-state index contributed by atoms with van der Waals surface area (Å²) >= 11 is 3.73. The Hall–Kier alpha value is -0.810. The number of aryl methyl sites for hydroxylation is 2. The van der Waals surface area contributed by atoms with Crippen LogP contribution in [-0.2, 0) is 0 Å². The fourth-order valence-electron chi connectivity index (χ4n) is 2.84. The Morgan fingerprint density at radius 2 is 2.16 bits per heavy atom. The molecule has 102 valence electrons. The zero-order valence-corrected chi connectivity index (χ0v) is 13.2. The summed E-state index contributed by atoms with van der Waals surface area (Å²) in [5.41, 5.74) is 1.32. The van der Waals surface area contributed by atoms with Crippen LogP contribution in [0.2, 0.25) is 0 Å². The van der Waals surface area contributed by atoms with E-state index >= 15 is 0 Å². The highest BCUT2D eigenvalue weighted by atomic mass is 32.2. The van der Waals surface area contributed by atoms with Gasteiger partial charge in [0.1, 0.15) is 17.0 Å². The summed E-state index contributed by atoms with van der Waals surface area (Å²) in [6, 6.07) is 0.549. The van der Waals surface area contributed by atoms with Gasteiger partial charge in [-0.15, -0.1) is 11.3 Å². The summed E-state index contributed by atoms with van der Waals surface area (Å²) in [5, 5.41) is 5.61. The standard InChI is InChI=1S/C14H19N3S2/c1-8-9(2)19-14-12(8)13(15-7-16-14)17-10-5-4-6-11(10)18-3/h7,10-11H,4-6H2,1-3H3,(H,15,16,17). The van der Waals surface area contributed by atoms with Gasteiger partial charge in [-0.2, -0.15) is 11.8 Å². The van der Waals surface area contributed by atoms with E-state index in [4.69, 9.17) is 0 Å². The van der Waals surface area contributed by atoms with Crippen LogP contribution in [0, 0.1) is 13.8 Å². The summed E-state index contributed by atoms with van der Waals surface area (Å²) in [6.07, 6.45) is 7.77. The molecule has 0 radical (unpaired) electrons. The summed E-state index contributed by atoms with van der Waals surface area (Å²) in [4.78, 5) is 11.3. The monoisotopic (exact) mass is 293 g/mol. The van der Waals surface area contributed by atoms with E-state index in [1.807, 2.05) is 11.8 Å². The van der Waals surface area contributed by atoms with Crippen LogP contribution >= 0.6 is 23.1 Å². The van der Waals surface area contributed by atoms with Crippen molar-refractivity contribution in [3.8, 4) is 0 Å². The summed E-state index contributed by atoms with van der Waals surface area (Å²) in [5.74, 6) is 1.03. The molecule has 0 aliphatic heterocycles. The molecule has 2 aromatic rings. The number of fused-ring (bicyclic) bond motifs is 1. The number of thioether (sulfide) groups is 1. The molecule has 19 heavy (non-hydrogen) atoms. The molecule has 1 fully saturated rings. The minimum atomic E-state index is 0.549. The number of hydrogen-bond donors (Lipinski definition) is 1. The predicted molar refractivity (Wildman–Crippen MR) is 85.5 cm³/mol. The molecule has 2 atom stereocenters. The highest BCUT2D eigenvalue weighted by Crippen LogP contribution is 2.35. The van der Waals surface area contributed by atoms with E-state index in [1.165, 1.54) is 35.1 Å². The lowest BCUT2D eigenvalue weighted by atomic mass is 10.2. The molecule has 3 nitrogen and oxygen atoms in total. The summed E-state index contributed by atoms with van der Waals surface area (Å²) < 4.78 is 0. The maximum absolute atomic E-state index is 4.49. The first-order valence-electron chi connectivity index (χ1n) is 6.70. The molecule has 2 unspecified atom stereocenters. The van der Waals surface area contributed by atoms with Gasteiger partial charge in [-0.25, -0.2) is 9.97 Å². The highest BCUT2D eigenvalue weighted by Gasteiger charge is 2.27. The van der Waals surface area contributed by atoms with Crippen LogP contribution in [0.3, 0.4) is 0 Å². The van der Waals surface area contributed by atoms with Crippen molar-refractivity contribution in [2.45, 2.75) is 44.4 Å². The number of nitrogens with one attached hydrogen (secondary N) is 1. The van der Waals surface area contributed by atoms with Gasteiger partial charge in [-0.1, -0.05) is 6.42 Å². The Labute approximate surface area is 122 Å². The van der Waals surface area contributed by atoms with Crippen LogP contribution in [0.5, 0.6) is 0 Å². The molecule has 2 aromatic heterocycles. The first-order valence-corrected chi connectivity index (χ1v) is 8.81. The lowest BCUT2D eigenvalue weighted by Crippen LogP contribution is -2.26. The van der Waals surface area contributed by atoms with Gasteiger partial charge in [0.25, 0.3) is 0 Å². The zero-order chi connectivity index (χ0) is 13.4. The molecule has 5 heteroatoms. The van der Waals surface area contributed by atoms with Crippen molar-refractivity contribution >= 4 is 39.1 Å². The Kier molecular flexibility index (Phi) is 3.67. The van der Waals surface area contributed by atoms with Crippen molar-refractivity contribution in [3.05, 3.63) is 16.8 Å². The van der Waals surface area contributed by atoms with Crippen molar-refractivity contribution in [1.82, 2.24) is 9.97 Å². The molecule has 0 aromatic carbocycles. The highest BCUT2D eigenvalue weighted by molar-refractivity contribution is 7.99. The Morgan fingerprint density at radius 3 is 2.95 bits per heavy atom. The van der Waals surface area contributed by atoms with Crippen LogP contribution < -0.4 is 5.32 Å². The molecule has 1 aliphatic carbocycles. The van der Waals surface area contributed by atoms with Gasteiger partial charge in [-0.05, 0) is 38.5 Å². The molecule has 0 saturated heterocycles. The van der Waals surface area contributed by atoms with Crippen LogP contribution in [0.1, 0.15) is 29.7 Å². The van der Waals surface area contributed by atoms with E-state index in [-0.39, 0.29) is 0 Å². The smallest absolute Gasteiger partial charge is 0.138 e. The van der Waals surface area contributed by atoms with Crippen LogP contribution in [-0.4, -0.2) is 27.5 Å². The van der Waals surface area contributed by atoms with Gasteiger partial charge in [-0.3, -0.25) is 0 Å². The van der Waals surface area contributed by atoms with E-state index in [1.54, 1.807) is 17.7 Å². The predicted octanol–water partition coefficient (Wildman–Crippen LogP) is 4.00. The number of nitrogens with zero attached hydrogens (tertiary/aromatic N) is 2. The number of anilines is 1. The second kappa shape index (κ2) is 5.29. The zero-order valence-electron chi connectivity index (χ0n) is 11.6. The number of rotatable bonds is 3. The van der Waals surface area contributed by atoms with Crippen molar-refractivity contribution in [2.24, 2.45) is 0 Å². The van der Waals surface area contributed by atoms with E-state index in [9.17, 15) is 0 Å². The largest absolute Gasteiger partial charge is 0.366 e. The number of hydrogen-bond acceptors (Lipinski definition) is 5. The first-order chi connectivity index (χ1) is 9.20. The molecular weight excluding hydrogens is 274 g/mol. The van der Waals surface area contributed by atoms with Crippen molar-refractivity contribution < 1.29 is 0 Å². The normalized spacial score (nSPS) is 23.1. The Bertz CT molecular complexity index is 594. The first kappa shape index (κ1) is 13.2. The summed E-state index contributed by atoms with van der Waals surface area (Å²) in [7, 11) is 0. The van der Waals surface area contributed by atoms with E-state index in [0.717, 1.165) is 10.6 Å². The summed E-state index contributed by atoms with van der Waals surface area (Å²) in [6.45, 7) is 4.33. The van der Waals surface area contributed by atoms with Gasteiger partial charge in [0.15, 0.2) is 0 Å². The van der Waals surface area contributed by atoms with Crippen molar-refractivity contribution in [1.29, 1.82) is 0 Å². The minimum absolute atomic E-state index is 0.549. The van der Waals surface area contributed by atoms with E-state index in [2.05, 4.69) is 35.4 Å².